The monoisotopic (exact) mass is 254 g/mol. The Labute approximate surface area is 110 Å². The fraction of sp³-hybridized carbons (Fsp3) is 0.929. The van der Waals surface area contributed by atoms with Crippen molar-refractivity contribution in [3.63, 3.8) is 0 Å². The van der Waals surface area contributed by atoms with Crippen molar-refractivity contribution >= 4 is 5.91 Å². The van der Waals surface area contributed by atoms with E-state index in [1.54, 1.807) is 0 Å². The summed E-state index contributed by atoms with van der Waals surface area (Å²) < 4.78 is 6.22. The minimum Gasteiger partial charge on any atom is -0.357 e. The van der Waals surface area contributed by atoms with Crippen molar-refractivity contribution in [1.29, 1.82) is 0 Å². The van der Waals surface area contributed by atoms with E-state index >= 15 is 0 Å². The fourth-order valence-corrected chi connectivity index (χ4v) is 3.37. The van der Waals surface area contributed by atoms with E-state index in [-0.39, 0.29) is 11.5 Å². The van der Waals surface area contributed by atoms with Crippen LogP contribution in [0.3, 0.4) is 0 Å². The first-order chi connectivity index (χ1) is 8.42. The van der Waals surface area contributed by atoms with E-state index in [1.165, 1.54) is 0 Å². The highest BCUT2D eigenvalue weighted by Gasteiger charge is 2.50. The summed E-state index contributed by atoms with van der Waals surface area (Å²) in [5, 5.41) is 3.34. The summed E-state index contributed by atoms with van der Waals surface area (Å²) in [5.41, 5.74) is -0.776. The molecule has 0 unspecified atom stereocenters. The Bertz CT molecular complexity index is 320. The summed E-state index contributed by atoms with van der Waals surface area (Å²) >= 11 is 0. The zero-order valence-corrected chi connectivity index (χ0v) is 12.1. The highest BCUT2D eigenvalue weighted by atomic mass is 16.5. The third-order valence-electron chi connectivity index (χ3n) is 4.44. The van der Waals surface area contributed by atoms with Gasteiger partial charge >= 0.3 is 0 Å². The predicted octanol–water partition coefficient (Wildman–Crippen LogP) is 1.54. The van der Waals surface area contributed by atoms with Crippen LogP contribution in [0.25, 0.3) is 0 Å². The van der Waals surface area contributed by atoms with E-state index in [1.807, 2.05) is 32.7 Å². The lowest BCUT2D eigenvalue weighted by atomic mass is 9.79. The number of nitrogens with zero attached hydrogens (tertiary/aromatic N) is 1. The van der Waals surface area contributed by atoms with Crippen molar-refractivity contribution in [3.8, 4) is 0 Å². The van der Waals surface area contributed by atoms with E-state index in [4.69, 9.17) is 4.74 Å². The first kappa shape index (κ1) is 13.8. The molecule has 4 nitrogen and oxygen atoms in total. The number of carbonyl (C=O) groups excluding carboxylic acids is 1. The van der Waals surface area contributed by atoms with Crippen molar-refractivity contribution in [2.75, 3.05) is 20.1 Å². The van der Waals surface area contributed by atoms with Crippen LogP contribution < -0.4 is 5.32 Å². The molecule has 1 N–H and O–H groups in total. The van der Waals surface area contributed by atoms with Crippen molar-refractivity contribution in [1.82, 2.24) is 10.2 Å². The number of hydrogen-bond acceptors (Lipinski definition) is 3. The van der Waals surface area contributed by atoms with Gasteiger partial charge in [0.2, 0.25) is 0 Å². The van der Waals surface area contributed by atoms with Gasteiger partial charge in [-0.05, 0) is 53.5 Å². The van der Waals surface area contributed by atoms with Crippen LogP contribution in [0.5, 0.6) is 0 Å². The number of carbonyl (C=O) groups is 1. The smallest absolute Gasteiger partial charge is 0.254 e. The molecule has 1 saturated heterocycles. The maximum atomic E-state index is 12.2. The maximum Gasteiger partial charge on any atom is 0.254 e. The van der Waals surface area contributed by atoms with Crippen LogP contribution in [0, 0.1) is 0 Å². The lowest BCUT2D eigenvalue weighted by Gasteiger charge is -2.51. The molecular weight excluding hydrogens is 228 g/mol. The Morgan fingerprint density at radius 3 is 2.50 bits per heavy atom. The molecule has 104 valence electrons. The summed E-state index contributed by atoms with van der Waals surface area (Å²) in [4.78, 5) is 14.2. The average Bonchev–Trinajstić information content (AvgIpc) is 2.34. The Morgan fingerprint density at radius 2 is 2.00 bits per heavy atom. The van der Waals surface area contributed by atoms with Crippen LogP contribution in [0.15, 0.2) is 0 Å². The van der Waals surface area contributed by atoms with Gasteiger partial charge in [0, 0.05) is 19.1 Å². The molecule has 2 fully saturated rings. The summed E-state index contributed by atoms with van der Waals surface area (Å²) in [6.45, 7) is 7.41. The van der Waals surface area contributed by atoms with Gasteiger partial charge in [-0.3, -0.25) is 4.79 Å². The van der Waals surface area contributed by atoms with Crippen LogP contribution in [-0.2, 0) is 9.53 Å². The molecule has 0 aromatic carbocycles. The lowest BCUT2D eigenvalue weighted by molar-refractivity contribution is -0.214. The van der Waals surface area contributed by atoms with Crippen LogP contribution >= 0.6 is 0 Å². The highest BCUT2D eigenvalue weighted by molar-refractivity contribution is 5.85. The van der Waals surface area contributed by atoms with Crippen LogP contribution in [0.1, 0.15) is 46.5 Å². The Hall–Kier alpha value is -0.610. The molecule has 1 aliphatic carbocycles. The first-order valence-electron chi connectivity index (χ1n) is 7.09. The van der Waals surface area contributed by atoms with Gasteiger partial charge in [-0.25, -0.2) is 0 Å². The number of likely N-dealkylation sites (N-methyl/N-ethyl adjacent to an activating group) is 1. The SMILES string of the molecule is CCN1C[C@]2(CC[C@@H](NC)CC2)OC(C)(C)C1=O. The van der Waals surface area contributed by atoms with Crippen LogP contribution in [-0.4, -0.2) is 48.2 Å². The molecule has 1 amide bonds. The molecule has 0 bridgehead atoms. The average molecular weight is 254 g/mol. The van der Waals surface area contributed by atoms with Crippen molar-refractivity contribution in [2.45, 2.75) is 63.7 Å². The zero-order valence-electron chi connectivity index (χ0n) is 12.1. The molecule has 1 heterocycles. The molecule has 0 radical (unpaired) electrons. The van der Waals surface area contributed by atoms with Gasteiger partial charge < -0.3 is 15.0 Å². The van der Waals surface area contributed by atoms with E-state index in [0.717, 1.165) is 38.8 Å². The van der Waals surface area contributed by atoms with Gasteiger partial charge in [-0.15, -0.1) is 0 Å². The largest absolute Gasteiger partial charge is 0.357 e. The van der Waals surface area contributed by atoms with E-state index < -0.39 is 5.60 Å². The molecule has 1 saturated carbocycles. The molecule has 1 aliphatic heterocycles. The van der Waals surface area contributed by atoms with E-state index in [0.29, 0.717) is 6.04 Å². The lowest BCUT2D eigenvalue weighted by Crippen LogP contribution is -2.64. The number of amides is 1. The first-order valence-corrected chi connectivity index (χ1v) is 7.09. The second-order valence-corrected chi connectivity index (χ2v) is 6.18. The normalized spacial score (nSPS) is 36.1. The van der Waals surface area contributed by atoms with Crippen LogP contribution in [0.4, 0.5) is 0 Å². The molecule has 18 heavy (non-hydrogen) atoms. The van der Waals surface area contributed by atoms with Crippen molar-refractivity contribution in [2.24, 2.45) is 0 Å². The molecular formula is C14H26N2O2. The Kier molecular flexibility index (Phi) is 3.70. The number of morpholine rings is 1. The predicted molar refractivity (Wildman–Crippen MR) is 71.5 cm³/mol. The zero-order chi connectivity index (χ0) is 13.4. The van der Waals surface area contributed by atoms with E-state index in [2.05, 4.69) is 5.32 Å². The molecule has 1 spiro atoms. The quantitative estimate of drug-likeness (QED) is 0.813. The second-order valence-electron chi connectivity index (χ2n) is 6.18. The van der Waals surface area contributed by atoms with E-state index in [9.17, 15) is 4.79 Å². The third kappa shape index (κ3) is 2.41. The molecule has 4 heteroatoms. The Morgan fingerprint density at radius 1 is 1.39 bits per heavy atom. The Balaban J connectivity index is 2.12. The van der Waals surface area contributed by atoms with Crippen molar-refractivity contribution in [3.05, 3.63) is 0 Å². The van der Waals surface area contributed by atoms with Crippen LogP contribution in [0.2, 0.25) is 0 Å². The van der Waals surface area contributed by atoms with Gasteiger partial charge in [0.25, 0.3) is 5.91 Å². The summed E-state index contributed by atoms with van der Waals surface area (Å²) in [5.74, 6) is 0.131. The summed E-state index contributed by atoms with van der Waals surface area (Å²) in [6.07, 6.45) is 4.37. The second kappa shape index (κ2) is 4.82. The number of hydrogen-bond donors (Lipinski definition) is 1. The number of ether oxygens (including phenoxy) is 1. The summed E-state index contributed by atoms with van der Waals surface area (Å²) in [6, 6.07) is 0.607. The standard InChI is InChI=1S/C14H26N2O2/c1-5-16-10-14(18-13(2,3)12(16)17)8-6-11(15-4)7-9-14/h11,15H,5-10H2,1-4H3/t11-,14-. The minimum atomic E-state index is -0.666. The number of rotatable bonds is 2. The topological polar surface area (TPSA) is 41.6 Å². The molecule has 2 aliphatic rings. The van der Waals surface area contributed by atoms with Gasteiger partial charge in [-0.1, -0.05) is 0 Å². The molecule has 2 rings (SSSR count). The van der Waals surface area contributed by atoms with Crippen molar-refractivity contribution < 1.29 is 9.53 Å². The van der Waals surface area contributed by atoms with Gasteiger partial charge in [0.1, 0.15) is 5.60 Å². The maximum absolute atomic E-state index is 12.2. The minimum absolute atomic E-state index is 0.110. The van der Waals surface area contributed by atoms with Gasteiger partial charge in [0.15, 0.2) is 0 Å². The third-order valence-corrected chi connectivity index (χ3v) is 4.44. The van der Waals surface area contributed by atoms with Gasteiger partial charge in [0.05, 0.1) is 5.60 Å². The molecule has 0 aromatic rings. The fourth-order valence-electron chi connectivity index (χ4n) is 3.37. The number of nitrogens with one attached hydrogen (secondary N) is 1. The highest BCUT2D eigenvalue weighted by Crippen LogP contribution is 2.39. The van der Waals surface area contributed by atoms with Gasteiger partial charge in [-0.2, -0.15) is 0 Å². The molecule has 0 atom stereocenters. The summed E-state index contributed by atoms with van der Waals surface area (Å²) in [7, 11) is 2.02. The molecule has 0 aromatic heterocycles.